The summed E-state index contributed by atoms with van der Waals surface area (Å²) in [4.78, 5) is 26.1. The molecule has 10 heteroatoms. The minimum atomic E-state index is -0.585. The lowest BCUT2D eigenvalue weighted by Crippen LogP contribution is -2.34. The van der Waals surface area contributed by atoms with Gasteiger partial charge in [0.25, 0.3) is 5.91 Å². The first kappa shape index (κ1) is 18.9. The van der Waals surface area contributed by atoms with E-state index in [0.29, 0.717) is 30.2 Å². The number of amides is 1. The summed E-state index contributed by atoms with van der Waals surface area (Å²) in [5.41, 5.74) is 1.69. The van der Waals surface area contributed by atoms with Crippen LogP contribution >= 0.6 is 0 Å². The van der Waals surface area contributed by atoms with E-state index in [4.69, 9.17) is 0 Å². The second-order valence-corrected chi connectivity index (χ2v) is 8.31. The molecule has 0 bridgehead atoms. The molecule has 4 heterocycles. The number of benzene rings is 2. The van der Waals surface area contributed by atoms with Gasteiger partial charge in [-0.15, -0.1) is 0 Å². The van der Waals surface area contributed by atoms with E-state index in [1.807, 2.05) is 0 Å². The van der Waals surface area contributed by atoms with Crippen molar-refractivity contribution in [2.45, 2.75) is 0 Å². The van der Waals surface area contributed by atoms with Crippen molar-refractivity contribution >= 4 is 22.9 Å². The Morgan fingerprint density at radius 1 is 1.00 bits per heavy atom. The average molecular weight is 435 g/mol. The smallest absolute Gasteiger partial charge is 0.259 e. The Labute approximate surface area is 181 Å². The minimum Gasteiger partial charge on any atom is -0.342 e. The summed E-state index contributed by atoms with van der Waals surface area (Å²) in [6, 6.07) is 8.94. The van der Waals surface area contributed by atoms with Crippen molar-refractivity contribution in [1.82, 2.24) is 29.9 Å². The van der Waals surface area contributed by atoms with Gasteiger partial charge in [0.05, 0.1) is 23.4 Å². The fraction of sp³-hybridized carbons (Fsp3) is 0.273. The monoisotopic (exact) mass is 435 g/mol. The first-order valence-corrected chi connectivity index (χ1v) is 10.4. The highest BCUT2D eigenvalue weighted by atomic mass is 19.1. The summed E-state index contributed by atoms with van der Waals surface area (Å²) >= 11 is 0. The molecule has 2 saturated heterocycles. The quantitative estimate of drug-likeness (QED) is 0.535. The number of aromatic nitrogens is 5. The Morgan fingerprint density at radius 2 is 1.75 bits per heavy atom. The van der Waals surface area contributed by atoms with Gasteiger partial charge in [-0.25, -0.2) is 13.8 Å². The van der Waals surface area contributed by atoms with Crippen LogP contribution in [0.1, 0.15) is 10.4 Å². The van der Waals surface area contributed by atoms with E-state index in [1.54, 1.807) is 23.1 Å². The highest BCUT2D eigenvalue weighted by molar-refractivity contribution is 5.98. The molecule has 1 amide bonds. The molecule has 2 aromatic carbocycles. The third kappa shape index (κ3) is 3.02. The van der Waals surface area contributed by atoms with Crippen LogP contribution in [0, 0.1) is 23.5 Å². The molecule has 0 radical (unpaired) electrons. The number of likely N-dealkylation sites (tertiary alicyclic amines) is 1. The predicted octanol–water partition coefficient (Wildman–Crippen LogP) is 2.63. The van der Waals surface area contributed by atoms with E-state index in [-0.39, 0.29) is 29.1 Å². The summed E-state index contributed by atoms with van der Waals surface area (Å²) < 4.78 is 28.2. The van der Waals surface area contributed by atoms with Crippen LogP contribution in [-0.2, 0) is 0 Å². The van der Waals surface area contributed by atoms with E-state index in [1.165, 1.54) is 35.4 Å². The zero-order chi connectivity index (χ0) is 21.8. The number of fused-ring (bicyclic) bond motifs is 2. The number of hydrogen-bond acceptors (Lipinski definition) is 5. The standard InChI is InChI=1S/C22H19F2N7O/c23-15-4-5-17-18(8-15)28-22(27-17)30-11-13-9-29(10-14(13)12-30)21(32)20-16(24)2-1-3-19(20)31-25-6-7-26-31/h1-8,13-14H,9-12H2,(H,27,28). The number of rotatable bonds is 3. The second kappa shape index (κ2) is 7.11. The van der Waals surface area contributed by atoms with Crippen LogP contribution in [-0.4, -0.2) is 61.9 Å². The number of imidazole rings is 1. The van der Waals surface area contributed by atoms with Crippen molar-refractivity contribution in [2.75, 3.05) is 31.1 Å². The Morgan fingerprint density at radius 3 is 2.50 bits per heavy atom. The molecule has 1 N–H and O–H groups in total. The highest BCUT2D eigenvalue weighted by Crippen LogP contribution is 2.35. The molecule has 162 valence electrons. The Kier molecular flexibility index (Phi) is 4.20. The van der Waals surface area contributed by atoms with Crippen LogP contribution in [0.3, 0.4) is 0 Å². The van der Waals surface area contributed by atoms with Crippen molar-refractivity contribution < 1.29 is 13.6 Å². The van der Waals surface area contributed by atoms with Crippen LogP contribution in [0.25, 0.3) is 16.7 Å². The molecule has 0 aliphatic carbocycles. The third-order valence-corrected chi connectivity index (χ3v) is 6.34. The van der Waals surface area contributed by atoms with E-state index >= 15 is 0 Å². The summed E-state index contributed by atoms with van der Waals surface area (Å²) in [6.07, 6.45) is 2.97. The molecule has 6 rings (SSSR count). The number of H-pyrrole nitrogens is 1. The van der Waals surface area contributed by atoms with Gasteiger partial charge in [-0.3, -0.25) is 4.79 Å². The fourth-order valence-corrected chi connectivity index (χ4v) is 4.84. The normalized spacial score (nSPS) is 20.3. The van der Waals surface area contributed by atoms with Crippen molar-refractivity contribution in [2.24, 2.45) is 11.8 Å². The lowest BCUT2D eigenvalue weighted by molar-refractivity contribution is 0.0777. The lowest BCUT2D eigenvalue weighted by Gasteiger charge is -2.22. The van der Waals surface area contributed by atoms with E-state index in [9.17, 15) is 13.6 Å². The molecule has 2 aliphatic heterocycles. The Hall–Kier alpha value is -3.82. The van der Waals surface area contributed by atoms with Gasteiger partial charge in [-0.05, 0) is 30.3 Å². The zero-order valence-corrected chi connectivity index (χ0v) is 16.9. The fourth-order valence-electron chi connectivity index (χ4n) is 4.84. The molecule has 2 aliphatic rings. The second-order valence-electron chi connectivity index (χ2n) is 8.31. The topological polar surface area (TPSA) is 82.9 Å². The summed E-state index contributed by atoms with van der Waals surface area (Å²) in [7, 11) is 0. The molecule has 32 heavy (non-hydrogen) atoms. The van der Waals surface area contributed by atoms with Crippen molar-refractivity contribution in [3.05, 3.63) is 66.0 Å². The van der Waals surface area contributed by atoms with Gasteiger partial charge in [-0.1, -0.05) is 6.07 Å². The number of carbonyl (C=O) groups excluding carboxylic acids is 1. The summed E-state index contributed by atoms with van der Waals surface area (Å²) in [5, 5.41) is 8.10. The Bertz CT molecular complexity index is 1310. The van der Waals surface area contributed by atoms with Crippen LogP contribution in [0.5, 0.6) is 0 Å². The number of hydrogen-bond donors (Lipinski definition) is 1. The van der Waals surface area contributed by atoms with Gasteiger partial charge in [0.1, 0.15) is 22.9 Å². The number of anilines is 1. The number of halogens is 2. The molecule has 0 spiro atoms. The third-order valence-electron chi connectivity index (χ3n) is 6.34. The van der Waals surface area contributed by atoms with Crippen molar-refractivity contribution in [3.8, 4) is 5.69 Å². The van der Waals surface area contributed by atoms with E-state index in [0.717, 1.165) is 18.6 Å². The van der Waals surface area contributed by atoms with Gasteiger partial charge >= 0.3 is 0 Å². The summed E-state index contributed by atoms with van der Waals surface area (Å²) in [5.74, 6) is -0.0329. The van der Waals surface area contributed by atoms with Gasteiger partial charge in [0.15, 0.2) is 0 Å². The molecule has 2 aromatic heterocycles. The van der Waals surface area contributed by atoms with Gasteiger partial charge in [0, 0.05) is 38.0 Å². The molecule has 0 saturated carbocycles. The van der Waals surface area contributed by atoms with Crippen molar-refractivity contribution in [3.63, 3.8) is 0 Å². The van der Waals surface area contributed by atoms with E-state index in [2.05, 4.69) is 25.1 Å². The van der Waals surface area contributed by atoms with E-state index < -0.39 is 5.82 Å². The molecule has 2 unspecified atom stereocenters. The summed E-state index contributed by atoms with van der Waals surface area (Å²) in [6.45, 7) is 2.52. The first-order chi connectivity index (χ1) is 15.6. The number of aromatic amines is 1. The maximum Gasteiger partial charge on any atom is 0.259 e. The number of nitrogens with zero attached hydrogens (tertiary/aromatic N) is 6. The van der Waals surface area contributed by atoms with Crippen LogP contribution < -0.4 is 4.90 Å². The van der Waals surface area contributed by atoms with Crippen LogP contribution in [0.2, 0.25) is 0 Å². The minimum absolute atomic E-state index is 0.0140. The van der Waals surface area contributed by atoms with Crippen molar-refractivity contribution in [1.29, 1.82) is 0 Å². The molecular formula is C22H19F2N7O. The molecule has 8 nitrogen and oxygen atoms in total. The largest absolute Gasteiger partial charge is 0.342 e. The molecule has 2 atom stereocenters. The predicted molar refractivity (Wildman–Crippen MR) is 112 cm³/mol. The highest BCUT2D eigenvalue weighted by Gasteiger charge is 2.43. The number of nitrogens with one attached hydrogen (secondary N) is 1. The average Bonchev–Trinajstić information content (AvgIpc) is 3.55. The molecule has 2 fully saturated rings. The molecule has 4 aromatic rings. The Balaban J connectivity index is 1.21. The lowest BCUT2D eigenvalue weighted by atomic mass is 10.0. The zero-order valence-electron chi connectivity index (χ0n) is 16.9. The van der Waals surface area contributed by atoms with Gasteiger partial charge < -0.3 is 14.8 Å². The van der Waals surface area contributed by atoms with Crippen LogP contribution in [0.4, 0.5) is 14.7 Å². The van der Waals surface area contributed by atoms with Gasteiger partial charge in [-0.2, -0.15) is 15.0 Å². The molecular weight excluding hydrogens is 416 g/mol. The first-order valence-electron chi connectivity index (χ1n) is 10.4. The maximum atomic E-state index is 14.7. The van der Waals surface area contributed by atoms with Crippen LogP contribution in [0.15, 0.2) is 48.8 Å². The number of carbonyl (C=O) groups is 1. The maximum absolute atomic E-state index is 14.7. The SMILES string of the molecule is O=C(c1c(F)cccc1-n1nccn1)N1CC2CN(c3nc4ccc(F)cc4[nH]3)CC2C1. The van der Waals surface area contributed by atoms with Gasteiger partial charge in [0.2, 0.25) is 5.95 Å².